The third-order valence-corrected chi connectivity index (χ3v) is 4.62. The van der Waals surface area contributed by atoms with Gasteiger partial charge in [-0.1, -0.05) is 30.4 Å². The number of thiophene rings is 1. The van der Waals surface area contributed by atoms with Crippen molar-refractivity contribution >= 4 is 17.2 Å². The third-order valence-electron chi connectivity index (χ3n) is 3.68. The topological polar surface area (TPSA) is 32.3 Å². The molecular formula is C19H23FN2OS. The van der Waals surface area contributed by atoms with Gasteiger partial charge in [-0.2, -0.15) is 0 Å². The van der Waals surface area contributed by atoms with Crippen LogP contribution < -0.4 is 5.32 Å². The van der Waals surface area contributed by atoms with Crippen molar-refractivity contribution in [1.29, 1.82) is 0 Å². The van der Waals surface area contributed by atoms with Gasteiger partial charge >= 0.3 is 0 Å². The molecule has 24 heavy (non-hydrogen) atoms. The second-order valence-electron chi connectivity index (χ2n) is 5.75. The molecule has 2 aromatic rings. The number of halogens is 1. The Balaban J connectivity index is 2.10. The minimum atomic E-state index is -0.265. The number of hydrogen-bond donors (Lipinski definition) is 1. The Hall–Kier alpha value is -1.98. The molecule has 1 N–H and O–H groups in total. The standard InChI is InChI=1S/C19H23FN2OS/c1-4-22(13-14(2)3)18(23)12-21-19(17-6-5-11-24-17)15-7-9-16(20)10-8-15/h5-11,19,21H,2,4,12-13H2,1,3H3. The van der Waals surface area contributed by atoms with Gasteiger partial charge in [-0.15, -0.1) is 11.3 Å². The maximum atomic E-state index is 13.2. The lowest BCUT2D eigenvalue weighted by Gasteiger charge is -2.23. The number of carbonyl (C=O) groups excluding carboxylic acids is 1. The summed E-state index contributed by atoms with van der Waals surface area (Å²) in [4.78, 5) is 15.3. The molecular weight excluding hydrogens is 323 g/mol. The van der Waals surface area contributed by atoms with E-state index in [0.717, 1.165) is 16.0 Å². The van der Waals surface area contributed by atoms with Gasteiger partial charge < -0.3 is 4.90 Å². The molecule has 0 bridgehead atoms. The fourth-order valence-corrected chi connectivity index (χ4v) is 3.32. The Morgan fingerprint density at radius 2 is 2.04 bits per heavy atom. The normalized spacial score (nSPS) is 12.0. The van der Waals surface area contributed by atoms with Gasteiger partial charge in [0.1, 0.15) is 5.82 Å². The lowest BCUT2D eigenvalue weighted by atomic mass is 10.1. The Morgan fingerprint density at radius 3 is 2.58 bits per heavy atom. The fraction of sp³-hybridized carbons (Fsp3) is 0.316. The number of carbonyl (C=O) groups is 1. The van der Waals surface area contributed by atoms with Gasteiger partial charge in [-0.05, 0) is 43.0 Å². The van der Waals surface area contributed by atoms with Crippen molar-refractivity contribution in [2.75, 3.05) is 19.6 Å². The SMILES string of the molecule is C=C(C)CN(CC)C(=O)CNC(c1ccc(F)cc1)c1cccs1. The first kappa shape index (κ1) is 18.4. The highest BCUT2D eigenvalue weighted by atomic mass is 32.1. The zero-order chi connectivity index (χ0) is 17.5. The molecule has 1 unspecified atom stereocenters. The molecule has 0 fully saturated rings. The molecule has 0 aliphatic rings. The minimum absolute atomic E-state index is 0.0316. The molecule has 0 radical (unpaired) electrons. The molecule has 1 aromatic carbocycles. The van der Waals surface area contributed by atoms with Crippen LogP contribution in [0.1, 0.15) is 30.3 Å². The highest BCUT2D eigenvalue weighted by Gasteiger charge is 2.18. The van der Waals surface area contributed by atoms with Gasteiger partial charge in [0.15, 0.2) is 0 Å². The summed E-state index contributed by atoms with van der Waals surface area (Å²) in [5.41, 5.74) is 1.90. The monoisotopic (exact) mass is 346 g/mol. The van der Waals surface area contributed by atoms with Crippen LogP contribution >= 0.6 is 11.3 Å². The Labute approximate surface area is 146 Å². The van der Waals surface area contributed by atoms with Crippen LogP contribution in [-0.4, -0.2) is 30.4 Å². The number of rotatable bonds is 8. The maximum absolute atomic E-state index is 13.2. The van der Waals surface area contributed by atoms with E-state index in [0.29, 0.717) is 13.1 Å². The van der Waals surface area contributed by atoms with Crippen molar-refractivity contribution in [3.8, 4) is 0 Å². The van der Waals surface area contributed by atoms with Crippen LogP contribution in [0.15, 0.2) is 53.9 Å². The second kappa shape index (κ2) is 8.76. The summed E-state index contributed by atoms with van der Waals surface area (Å²) in [6, 6.07) is 10.3. The summed E-state index contributed by atoms with van der Waals surface area (Å²) in [5.74, 6) is -0.234. The molecule has 0 aliphatic carbocycles. The van der Waals surface area contributed by atoms with E-state index in [1.165, 1.54) is 12.1 Å². The van der Waals surface area contributed by atoms with Crippen LogP contribution in [0.3, 0.4) is 0 Å². The van der Waals surface area contributed by atoms with Crippen LogP contribution in [0.2, 0.25) is 0 Å². The molecule has 1 amide bonds. The molecule has 3 nitrogen and oxygen atoms in total. The van der Waals surface area contributed by atoms with E-state index in [4.69, 9.17) is 0 Å². The smallest absolute Gasteiger partial charge is 0.236 e. The number of likely N-dealkylation sites (N-methyl/N-ethyl adjacent to an activating group) is 1. The van der Waals surface area contributed by atoms with E-state index in [1.54, 1.807) is 28.4 Å². The molecule has 0 saturated heterocycles. The minimum Gasteiger partial charge on any atom is -0.338 e. The van der Waals surface area contributed by atoms with Crippen molar-refractivity contribution in [3.05, 3.63) is 70.2 Å². The first-order chi connectivity index (χ1) is 11.5. The van der Waals surface area contributed by atoms with Crippen LogP contribution in [0.4, 0.5) is 4.39 Å². The van der Waals surface area contributed by atoms with E-state index < -0.39 is 0 Å². The molecule has 0 spiro atoms. The van der Waals surface area contributed by atoms with Crippen LogP contribution in [0.5, 0.6) is 0 Å². The van der Waals surface area contributed by atoms with Crippen LogP contribution in [0.25, 0.3) is 0 Å². The number of nitrogens with one attached hydrogen (secondary N) is 1. The van der Waals surface area contributed by atoms with Gasteiger partial charge in [0.25, 0.3) is 0 Å². The lowest BCUT2D eigenvalue weighted by Crippen LogP contribution is -2.40. The van der Waals surface area contributed by atoms with E-state index >= 15 is 0 Å². The first-order valence-electron chi connectivity index (χ1n) is 7.95. The lowest BCUT2D eigenvalue weighted by molar-refractivity contribution is -0.129. The molecule has 0 aliphatic heterocycles. The average molecular weight is 346 g/mol. The van der Waals surface area contributed by atoms with Gasteiger partial charge in [-0.3, -0.25) is 10.1 Å². The number of benzene rings is 1. The van der Waals surface area contributed by atoms with E-state index in [2.05, 4.69) is 11.9 Å². The molecule has 5 heteroatoms. The summed E-state index contributed by atoms with van der Waals surface area (Å²) in [7, 11) is 0. The van der Waals surface area contributed by atoms with E-state index in [-0.39, 0.29) is 24.3 Å². The predicted molar refractivity (Wildman–Crippen MR) is 97.6 cm³/mol. The van der Waals surface area contributed by atoms with Crippen molar-refractivity contribution in [2.24, 2.45) is 0 Å². The predicted octanol–water partition coefficient (Wildman–Crippen LogP) is 3.99. The fourth-order valence-electron chi connectivity index (χ4n) is 2.50. The van der Waals surface area contributed by atoms with Crippen LogP contribution in [0, 0.1) is 5.82 Å². The molecule has 1 atom stereocenters. The highest BCUT2D eigenvalue weighted by molar-refractivity contribution is 7.10. The number of nitrogens with zero attached hydrogens (tertiary/aromatic N) is 1. The third kappa shape index (κ3) is 5.01. The molecule has 0 saturated carbocycles. The number of amides is 1. The van der Waals surface area contributed by atoms with Gasteiger partial charge in [0.2, 0.25) is 5.91 Å². The maximum Gasteiger partial charge on any atom is 0.236 e. The summed E-state index contributed by atoms with van der Waals surface area (Å²) < 4.78 is 13.2. The highest BCUT2D eigenvalue weighted by Crippen LogP contribution is 2.26. The molecule has 1 heterocycles. The molecule has 128 valence electrons. The van der Waals surface area contributed by atoms with Gasteiger partial charge in [-0.25, -0.2) is 4.39 Å². The molecule has 2 rings (SSSR count). The van der Waals surface area contributed by atoms with Crippen molar-refractivity contribution in [3.63, 3.8) is 0 Å². The van der Waals surface area contributed by atoms with E-state index in [1.807, 2.05) is 31.4 Å². The van der Waals surface area contributed by atoms with Crippen molar-refractivity contribution < 1.29 is 9.18 Å². The number of hydrogen-bond acceptors (Lipinski definition) is 3. The average Bonchev–Trinajstić information content (AvgIpc) is 3.08. The van der Waals surface area contributed by atoms with E-state index in [9.17, 15) is 9.18 Å². The largest absolute Gasteiger partial charge is 0.338 e. The Morgan fingerprint density at radius 1 is 1.33 bits per heavy atom. The van der Waals surface area contributed by atoms with Crippen LogP contribution in [-0.2, 0) is 4.79 Å². The quantitative estimate of drug-likeness (QED) is 0.733. The second-order valence-corrected chi connectivity index (χ2v) is 6.73. The zero-order valence-corrected chi connectivity index (χ0v) is 14.9. The summed E-state index contributed by atoms with van der Waals surface area (Å²) in [5, 5.41) is 5.31. The van der Waals surface area contributed by atoms with Crippen molar-refractivity contribution in [2.45, 2.75) is 19.9 Å². The summed E-state index contributed by atoms with van der Waals surface area (Å²) >= 11 is 1.61. The summed E-state index contributed by atoms with van der Waals surface area (Å²) in [6.45, 7) is 9.17. The van der Waals surface area contributed by atoms with Gasteiger partial charge in [0.05, 0.1) is 12.6 Å². The molecule has 1 aromatic heterocycles. The van der Waals surface area contributed by atoms with Crippen molar-refractivity contribution in [1.82, 2.24) is 10.2 Å². The zero-order valence-electron chi connectivity index (χ0n) is 14.1. The Kier molecular flexibility index (Phi) is 6.70. The Bertz CT molecular complexity index is 667. The first-order valence-corrected chi connectivity index (χ1v) is 8.83. The summed E-state index contributed by atoms with van der Waals surface area (Å²) in [6.07, 6.45) is 0. The van der Waals surface area contributed by atoms with Gasteiger partial charge in [0, 0.05) is 18.0 Å².